The van der Waals surface area contributed by atoms with Crippen LogP contribution in [0.15, 0.2) is 0 Å². The molecule has 0 saturated heterocycles. The van der Waals surface area contributed by atoms with Gasteiger partial charge in [-0.15, -0.1) is 0 Å². The minimum absolute atomic E-state index is 0. The molecule has 0 amide bonds. The summed E-state index contributed by atoms with van der Waals surface area (Å²) in [5.74, 6) is 0. The van der Waals surface area contributed by atoms with Gasteiger partial charge in [0.25, 0.3) is 0 Å². The van der Waals surface area contributed by atoms with Gasteiger partial charge in [0.15, 0.2) is 0 Å². The molecule has 0 heterocycles. The fraction of sp³-hybridized carbons (Fsp3) is 1.00. The van der Waals surface area contributed by atoms with Gasteiger partial charge in [0.2, 0.25) is 0 Å². The fourth-order valence-electron chi connectivity index (χ4n) is 0.892. The van der Waals surface area contributed by atoms with Gasteiger partial charge in [-0.05, 0) is 6.42 Å². The summed E-state index contributed by atoms with van der Waals surface area (Å²) in [5.41, 5.74) is 0. The Morgan fingerprint density at radius 1 is 0.900 bits per heavy atom. The second kappa shape index (κ2) is 12.3. The van der Waals surface area contributed by atoms with E-state index in [9.17, 15) is 0 Å². The Balaban J connectivity index is 0. The van der Waals surface area contributed by atoms with Gasteiger partial charge in [-0.25, -0.2) is 0 Å². The van der Waals surface area contributed by atoms with E-state index < -0.39 is 0 Å². The average Bonchev–Trinajstić information content (AvgIpc) is 1.89. The molecule has 0 bridgehead atoms. The molecule has 0 aliphatic heterocycles. The molecule has 0 aromatic rings. The Morgan fingerprint density at radius 3 is 1.90 bits per heavy atom. The zero-order valence-electron chi connectivity index (χ0n) is 6.81. The first-order valence-electron chi connectivity index (χ1n) is 4.02. The second-order valence-corrected chi connectivity index (χ2v) is 2.49. The van der Waals surface area contributed by atoms with E-state index in [-0.39, 0.29) is 21.1 Å². The smallest absolute Gasteiger partial charge is 0.0431 e. The van der Waals surface area contributed by atoms with E-state index in [1.54, 1.807) is 0 Å². The minimum atomic E-state index is 0. The molecule has 0 aromatic heterocycles. The number of hydrogen-bond donors (Lipinski definition) is 1. The molecular weight excluding hydrogens is 296 g/mol. The topological polar surface area (TPSA) is 20.2 Å². The van der Waals surface area contributed by atoms with Crippen molar-refractivity contribution in [2.45, 2.75) is 45.4 Å². The summed E-state index contributed by atoms with van der Waals surface area (Å²) in [6.07, 6.45) is 7.50. The molecule has 0 radical (unpaired) electrons. The van der Waals surface area contributed by atoms with Gasteiger partial charge in [-0.3, -0.25) is 0 Å². The van der Waals surface area contributed by atoms with Crippen LogP contribution in [0.2, 0.25) is 0 Å². The van der Waals surface area contributed by atoms with Gasteiger partial charge >= 0.3 is 0 Å². The van der Waals surface area contributed by atoms with Crippen LogP contribution in [0.4, 0.5) is 0 Å². The summed E-state index contributed by atoms with van der Waals surface area (Å²) in [6.45, 7) is 2.58. The summed E-state index contributed by atoms with van der Waals surface area (Å²) >= 11 is 0. The van der Waals surface area contributed by atoms with Gasteiger partial charge in [0.1, 0.15) is 0 Å². The average molecular weight is 314 g/mol. The van der Waals surface area contributed by atoms with Crippen LogP contribution < -0.4 is 0 Å². The van der Waals surface area contributed by atoms with Crippen molar-refractivity contribution in [1.29, 1.82) is 0 Å². The number of unbranched alkanes of at least 4 members (excludes halogenated alkanes) is 5. The minimum Gasteiger partial charge on any atom is -0.396 e. The first kappa shape index (κ1) is 13.3. The fourth-order valence-corrected chi connectivity index (χ4v) is 0.892. The normalized spacial score (nSPS) is 9.00. The summed E-state index contributed by atoms with van der Waals surface area (Å²) in [7, 11) is 0. The summed E-state index contributed by atoms with van der Waals surface area (Å²) in [4.78, 5) is 0. The molecule has 0 fully saturated rings. The summed E-state index contributed by atoms with van der Waals surface area (Å²) in [5, 5.41) is 8.42. The first-order valence-corrected chi connectivity index (χ1v) is 4.02. The van der Waals surface area contributed by atoms with Crippen molar-refractivity contribution in [3.8, 4) is 0 Å². The maximum absolute atomic E-state index is 8.42. The molecule has 1 N–H and O–H groups in total. The molecule has 0 rings (SSSR count). The largest absolute Gasteiger partial charge is 0.396 e. The standard InChI is InChI=1S/C8H18O.W/c1-2-3-4-5-6-7-8-9;/h9H,2-8H2,1H3;. The monoisotopic (exact) mass is 314 g/mol. The van der Waals surface area contributed by atoms with Crippen molar-refractivity contribution in [3.05, 3.63) is 0 Å². The zero-order valence-corrected chi connectivity index (χ0v) is 9.74. The maximum Gasteiger partial charge on any atom is 0.0431 e. The Bertz CT molecular complexity index is 42.5. The van der Waals surface area contributed by atoms with Gasteiger partial charge in [0.05, 0.1) is 0 Å². The number of aliphatic hydroxyl groups excluding tert-OH is 1. The van der Waals surface area contributed by atoms with E-state index in [2.05, 4.69) is 6.92 Å². The van der Waals surface area contributed by atoms with E-state index in [1.807, 2.05) is 0 Å². The van der Waals surface area contributed by atoms with Crippen LogP contribution >= 0.6 is 0 Å². The van der Waals surface area contributed by atoms with Crippen LogP contribution in [0.1, 0.15) is 45.4 Å². The third-order valence-electron chi connectivity index (χ3n) is 1.51. The van der Waals surface area contributed by atoms with Crippen LogP contribution in [0, 0.1) is 0 Å². The Morgan fingerprint density at radius 2 is 1.40 bits per heavy atom. The van der Waals surface area contributed by atoms with Gasteiger partial charge in [-0.1, -0.05) is 39.0 Å². The summed E-state index contributed by atoms with van der Waals surface area (Å²) in [6, 6.07) is 0. The molecule has 1 nitrogen and oxygen atoms in total. The van der Waals surface area contributed by atoms with Gasteiger partial charge in [0, 0.05) is 27.7 Å². The Hall–Kier alpha value is 0.648. The van der Waals surface area contributed by atoms with Gasteiger partial charge < -0.3 is 5.11 Å². The maximum atomic E-state index is 8.42. The van der Waals surface area contributed by atoms with E-state index >= 15 is 0 Å². The number of aliphatic hydroxyl groups is 1. The third-order valence-corrected chi connectivity index (χ3v) is 1.51. The number of hydrogen-bond acceptors (Lipinski definition) is 1. The number of rotatable bonds is 6. The van der Waals surface area contributed by atoms with Crippen molar-refractivity contribution in [3.63, 3.8) is 0 Å². The van der Waals surface area contributed by atoms with Crippen molar-refractivity contribution in [1.82, 2.24) is 0 Å². The van der Waals surface area contributed by atoms with Crippen LogP contribution in [0.25, 0.3) is 0 Å². The Labute approximate surface area is 78.5 Å². The van der Waals surface area contributed by atoms with E-state index in [4.69, 9.17) is 5.11 Å². The Kier molecular flexibility index (Phi) is 16.3. The van der Waals surface area contributed by atoms with E-state index in [0.717, 1.165) is 6.42 Å². The molecule has 0 aliphatic rings. The van der Waals surface area contributed by atoms with Crippen LogP contribution in [0.5, 0.6) is 0 Å². The van der Waals surface area contributed by atoms with Gasteiger partial charge in [-0.2, -0.15) is 0 Å². The summed E-state index contributed by atoms with van der Waals surface area (Å²) < 4.78 is 0. The molecular formula is C8H18OW. The van der Waals surface area contributed by atoms with Crippen molar-refractivity contribution < 1.29 is 26.2 Å². The van der Waals surface area contributed by atoms with Crippen LogP contribution in [-0.4, -0.2) is 11.7 Å². The second-order valence-electron chi connectivity index (χ2n) is 2.49. The molecule has 0 saturated carbocycles. The van der Waals surface area contributed by atoms with Crippen molar-refractivity contribution >= 4 is 0 Å². The predicted molar refractivity (Wildman–Crippen MR) is 40.5 cm³/mol. The molecule has 0 unspecified atom stereocenters. The third kappa shape index (κ3) is 11.4. The molecule has 0 spiro atoms. The quantitative estimate of drug-likeness (QED) is 0.746. The SMILES string of the molecule is CCCCCCCCO.[W]. The molecule has 0 aliphatic carbocycles. The molecule has 0 atom stereocenters. The van der Waals surface area contributed by atoms with Crippen molar-refractivity contribution in [2.75, 3.05) is 6.61 Å². The molecule has 10 heavy (non-hydrogen) atoms. The van der Waals surface area contributed by atoms with E-state index in [1.165, 1.54) is 32.1 Å². The predicted octanol–water partition coefficient (Wildman–Crippen LogP) is 2.34. The van der Waals surface area contributed by atoms with Crippen molar-refractivity contribution in [2.24, 2.45) is 0 Å². The van der Waals surface area contributed by atoms with Crippen LogP contribution in [0.3, 0.4) is 0 Å². The molecule has 2 heteroatoms. The molecule has 62 valence electrons. The van der Waals surface area contributed by atoms with Crippen LogP contribution in [-0.2, 0) is 21.1 Å². The zero-order chi connectivity index (χ0) is 6.95. The molecule has 0 aromatic carbocycles. The van der Waals surface area contributed by atoms with E-state index in [0.29, 0.717) is 6.61 Å². The first-order chi connectivity index (χ1) is 4.41.